The van der Waals surface area contributed by atoms with Crippen LogP contribution in [0.25, 0.3) is 0 Å². The minimum atomic E-state index is 0.698. The molecule has 0 aliphatic heterocycles. The molecule has 0 aliphatic rings. The van der Waals surface area contributed by atoms with E-state index in [0.717, 1.165) is 16.1 Å². The number of nitrogens with zero attached hydrogens (tertiary/aromatic N) is 2. The van der Waals surface area contributed by atoms with E-state index in [1.807, 2.05) is 24.3 Å². The van der Waals surface area contributed by atoms with Gasteiger partial charge in [-0.25, -0.2) is 4.98 Å². The van der Waals surface area contributed by atoms with Crippen molar-refractivity contribution in [2.45, 2.75) is 6.54 Å². The van der Waals surface area contributed by atoms with Crippen LogP contribution in [0.2, 0.25) is 0 Å². The first-order valence-electron chi connectivity index (χ1n) is 4.19. The molecular formula is C9H9BrN4. The lowest BCUT2D eigenvalue weighted by atomic mass is 10.4. The van der Waals surface area contributed by atoms with Crippen molar-refractivity contribution in [2.24, 2.45) is 0 Å². The van der Waals surface area contributed by atoms with E-state index in [1.54, 1.807) is 6.20 Å². The number of pyridine rings is 1. The highest BCUT2D eigenvalue weighted by molar-refractivity contribution is 9.10. The van der Waals surface area contributed by atoms with Gasteiger partial charge in [0.05, 0.1) is 12.2 Å². The van der Waals surface area contributed by atoms with E-state index >= 15 is 0 Å². The number of aromatic nitrogens is 3. The first-order valence-corrected chi connectivity index (χ1v) is 4.98. The Morgan fingerprint density at radius 2 is 2.29 bits per heavy atom. The van der Waals surface area contributed by atoms with Crippen molar-refractivity contribution in [3.8, 4) is 0 Å². The van der Waals surface area contributed by atoms with Gasteiger partial charge in [-0.1, -0.05) is 6.07 Å². The molecule has 2 heterocycles. The van der Waals surface area contributed by atoms with Crippen LogP contribution in [0, 0.1) is 0 Å². The molecule has 2 rings (SSSR count). The normalized spacial score (nSPS) is 10.1. The molecule has 0 amide bonds. The smallest absolute Gasteiger partial charge is 0.127 e. The number of rotatable bonds is 3. The number of halogens is 1. The quantitative estimate of drug-likeness (QED) is 0.824. The lowest BCUT2D eigenvalue weighted by Gasteiger charge is -2.03. The first-order chi connectivity index (χ1) is 6.84. The Hall–Kier alpha value is -1.36. The molecule has 14 heavy (non-hydrogen) atoms. The van der Waals surface area contributed by atoms with Crippen molar-refractivity contribution in [1.82, 2.24) is 15.2 Å². The van der Waals surface area contributed by atoms with Crippen molar-refractivity contribution in [3.05, 3.63) is 40.8 Å². The predicted octanol–water partition coefficient (Wildman–Crippen LogP) is 2.18. The Bertz CT molecular complexity index is 399. The second kappa shape index (κ2) is 4.23. The minimum Gasteiger partial charge on any atom is -0.364 e. The summed E-state index contributed by atoms with van der Waals surface area (Å²) >= 11 is 3.31. The van der Waals surface area contributed by atoms with Crippen LogP contribution in [0.5, 0.6) is 0 Å². The van der Waals surface area contributed by atoms with Crippen molar-refractivity contribution < 1.29 is 0 Å². The van der Waals surface area contributed by atoms with E-state index < -0.39 is 0 Å². The summed E-state index contributed by atoms with van der Waals surface area (Å²) in [4.78, 5) is 4.24. The molecule has 0 bridgehead atoms. The average molecular weight is 253 g/mol. The van der Waals surface area contributed by atoms with E-state index in [4.69, 9.17) is 0 Å². The van der Waals surface area contributed by atoms with Crippen LogP contribution < -0.4 is 5.32 Å². The molecule has 72 valence electrons. The van der Waals surface area contributed by atoms with Crippen LogP contribution in [0.1, 0.15) is 5.69 Å². The second-order valence-electron chi connectivity index (χ2n) is 2.78. The van der Waals surface area contributed by atoms with Gasteiger partial charge in [0, 0.05) is 6.20 Å². The van der Waals surface area contributed by atoms with Crippen molar-refractivity contribution in [3.63, 3.8) is 0 Å². The first kappa shape index (κ1) is 9.21. The molecule has 2 aromatic heterocycles. The van der Waals surface area contributed by atoms with E-state index in [2.05, 4.69) is 36.4 Å². The number of hydrogen-bond donors (Lipinski definition) is 2. The van der Waals surface area contributed by atoms with E-state index in [-0.39, 0.29) is 0 Å². The van der Waals surface area contributed by atoms with Gasteiger partial charge >= 0.3 is 0 Å². The average Bonchev–Trinajstić information content (AvgIpc) is 2.67. The predicted molar refractivity (Wildman–Crippen MR) is 57.9 cm³/mol. The highest BCUT2D eigenvalue weighted by atomic mass is 79.9. The zero-order chi connectivity index (χ0) is 9.80. The monoisotopic (exact) mass is 252 g/mol. The van der Waals surface area contributed by atoms with Gasteiger partial charge in [-0.2, -0.15) is 5.10 Å². The Morgan fingerprint density at radius 3 is 3.00 bits per heavy atom. The van der Waals surface area contributed by atoms with Crippen molar-refractivity contribution >= 4 is 21.7 Å². The molecule has 0 saturated heterocycles. The number of nitrogens with one attached hydrogen (secondary N) is 2. The molecule has 5 heteroatoms. The third-order valence-corrected chi connectivity index (χ3v) is 2.18. The highest BCUT2D eigenvalue weighted by Gasteiger charge is 1.96. The molecular weight excluding hydrogens is 244 g/mol. The minimum absolute atomic E-state index is 0.698. The molecule has 2 aromatic rings. The van der Waals surface area contributed by atoms with Crippen LogP contribution in [-0.4, -0.2) is 15.2 Å². The maximum absolute atomic E-state index is 4.24. The lowest BCUT2D eigenvalue weighted by molar-refractivity contribution is 0.973. The molecule has 0 aliphatic carbocycles. The van der Waals surface area contributed by atoms with Gasteiger partial charge in [-0.05, 0) is 34.1 Å². The third-order valence-electron chi connectivity index (χ3n) is 1.73. The SMILES string of the molecule is Brc1cccc(NCc2ccn[nH]2)n1. The lowest BCUT2D eigenvalue weighted by Crippen LogP contribution is -2.01. The van der Waals surface area contributed by atoms with Crippen LogP contribution in [0.15, 0.2) is 35.1 Å². The van der Waals surface area contributed by atoms with Gasteiger partial charge in [-0.3, -0.25) is 5.10 Å². The molecule has 0 unspecified atom stereocenters. The van der Waals surface area contributed by atoms with E-state index in [0.29, 0.717) is 6.54 Å². The summed E-state index contributed by atoms with van der Waals surface area (Å²) < 4.78 is 0.826. The Morgan fingerprint density at radius 1 is 1.36 bits per heavy atom. The Kier molecular flexibility index (Phi) is 2.78. The summed E-state index contributed by atoms with van der Waals surface area (Å²) in [5.41, 5.74) is 1.03. The molecule has 4 nitrogen and oxygen atoms in total. The summed E-state index contributed by atoms with van der Waals surface area (Å²) in [6.45, 7) is 0.698. The number of hydrogen-bond acceptors (Lipinski definition) is 3. The summed E-state index contributed by atoms with van der Waals surface area (Å²) in [7, 11) is 0. The maximum atomic E-state index is 4.24. The number of anilines is 1. The van der Waals surface area contributed by atoms with Gasteiger partial charge in [0.2, 0.25) is 0 Å². The highest BCUT2D eigenvalue weighted by Crippen LogP contribution is 2.10. The van der Waals surface area contributed by atoms with E-state index in [1.165, 1.54) is 0 Å². The topological polar surface area (TPSA) is 53.6 Å². The maximum Gasteiger partial charge on any atom is 0.127 e. The van der Waals surface area contributed by atoms with Crippen molar-refractivity contribution in [2.75, 3.05) is 5.32 Å². The zero-order valence-electron chi connectivity index (χ0n) is 7.37. The molecule has 2 N–H and O–H groups in total. The standard InChI is InChI=1S/C9H9BrN4/c10-8-2-1-3-9(13-8)11-6-7-4-5-12-14-7/h1-5H,6H2,(H,11,13)(H,12,14). The molecule has 0 saturated carbocycles. The second-order valence-corrected chi connectivity index (χ2v) is 3.59. The molecule has 0 fully saturated rings. The van der Waals surface area contributed by atoms with Gasteiger partial charge in [0.15, 0.2) is 0 Å². The van der Waals surface area contributed by atoms with Gasteiger partial charge in [0.25, 0.3) is 0 Å². The molecule has 0 aromatic carbocycles. The summed E-state index contributed by atoms with van der Waals surface area (Å²) in [6.07, 6.45) is 1.73. The zero-order valence-corrected chi connectivity index (χ0v) is 8.95. The van der Waals surface area contributed by atoms with Gasteiger partial charge < -0.3 is 5.32 Å². The fraction of sp³-hybridized carbons (Fsp3) is 0.111. The van der Waals surface area contributed by atoms with Crippen LogP contribution in [0.3, 0.4) is 0 Å². The third kappa shape index (κ3) is 2.32. The molecule has 0 spiro atoms. The van der Waals surface area contributed by atoms with Crippen LogP contribution >= 0.6 is 15.9 Å². The van der Waals surface area contributed by atoms with Crippen LogP contribution in [-0.2, 0) is 6.54 Å². The van der Waals surface area contributed by atoms with E-state index in [9.17, 15) is 0 Å². The summed E-state index contributed by atoms with van der Waals surface area (Å²) in [6, 6.07) is 7.67. The van der Waals surface area contributed by atoms with Crippen molar-refractivity contribution in [1.29, 1.82) is 0 Å². The summed E-state index contributed by atoms with van der Waals surface area (Å²) in [5, 5.41) is 9.90. The fourth-order valence-electron chi connectivity index (χ4n) is 1.08. The number of aromatic amines is 1. The fourth-order valence-corrected chi connectivity index (χ4v) is 1.42. The molecule has 0 radical (unpaired) electrons. The number of H-pyrrole nitrogens is 1. The molecule has 0 atom stereocenters. The van der Waals surface area contributed by atoms with Crippen LogP contribution in [0.4, 0.5) is 5.82 Å². The van der Waals surface area contributed by atoms with Gasteiger partial charge in [0.1, 0.15) is 10.4 Å². The largest absolute Gasteiger partial charge is 0.364 e. The summed E-state index contributed by atoms with van der Waals surface area (Å²) in [5.74, 6) is 0.842. The Labute approximate surface area is 89.9 Å². The Balaban J connectivity index is 1.98. The van der Waals surface area contributed by atoms with Gasteiger partial charge in [-0.15, -0.1) is 0 Å².